The molecule has 2 aliphatic rings. The van der Waals surface area contributed by atoms with Gasteiger partial charge in [-0.15, -0.1) is 0 Å². The average molecular weight is 380 g/mol. The molecule has 1 aromatic carbocycles. The molecule has 2 aromatic rings. The van der Waals surface area contributed by atoms with Gasteiger partial charge in [0, 0.05) is 25.7 Å². The molecule has 0 radical (unpaired) electrons. The van der Waals surface area contributed by atoms with Crippen molar-refractivity contribution in [3.05, 3.63) is 53.3 Å². The molecule has 0 unspecified atom stereocenters. The van der Waals surface area contributed by atoms with Crippen molar-refractivity contribution in [1.82, 2.24) is 14.9 Å². The van der Waals surface area contributed by atoms with Crippen LogP contribution in [0, 0.1) is 0 Å². The van der Waals surface area contributed by atoms with Gasteiger partial charge in [-0.3, -0.25) is 4.79 Å². The number of piperidine rings is 1. The van der Waals surface area contributed by atoms with Crippen LogP contribution < -0.4 is 5.73 Å². The number of benzene rings is 1. The number of likely N-dealkylation sites (tertiary alicyclic amines) is 1. The molecule has 0 bridgehead atoms. The van der Waals surface area contributed by atoms with Crippen molar-refractivity contribution in [3.8, 4) is 0 Å². The fraction of sp³-hybridized carbons (Fsp3) is 0.500. The fourth-order valence-electron chi connectivity index (χ4n) is 4.33. The van der Waals surface area contributed by atoms with Crippen LogP contribution in [0.4, 0.5) is 5.95 Å². The van der Waals surface area contributed by atoms with Crippen LogP contribution in [0.3, 0.4) is 0 Å². The number of hydrogen-bond donors (Lipinski definition) is 1. The van der Waals surface area contributed by atoms with Crippen molar-refractivity contribution in [2.75, 3.05) is 25.4 Å². The van der Waals surface area contributed by atoms with E-state index in [0.29, 0.717) is 32.1 Å². The zero-order valence-electron chi connectivity index (χ0n) is 16.3. The van der Waals surface area contributed by atoms with E-state index < -0.39 is 5.60 Å². The van der Waals surface area contributed by atoms with Gasteiger partial charge in [-0.25, -0.2) is 9.97 Å². The summed E-state index contributed by atoms with van der Waals surface area (Å²) in [6, 6.07) is 10.4. The summed E-state index contributed by atoms with van der Waals surface area (Å²) in [5, 5.41) is 0. The van der Waals surface area contributed by atoms with Gasteiger partial charge in [0.25, 0.3) is 0 Å². The number of aromatic nitrogens is 2. The van der Waals surface area contributed by atoms with Gasteiger partial charge in [-0.2, -0.15) is 0 Å². The number of carbonyl (C=O) groups excluding carboxylic acids is 1. The van der Waals surface area contributed by atoms with Crippen LogP contribution in [-0.2, 0) is 28.0 Å². The minimum absolute atomic E-state index is 0.251. The highest BCUT2D eigenvalue weighted by atomic mass is 16.5. The first-order valence-electron chi connectivity index (χ1n) is 10.2. The highest BCUT2D eigenvalue weighted by molar-refractivity contribution is 5.76. The normalized spacial score (nSPS) is 18.1. The lowest BCUT2D eigenvalue weighted by molar-refractivity contribution is -0.141. The first kappa shape index (κ1) is 18.9. The van der Waals surface area contributed by atoms with Gasteiger partial charge in [-0.1, -0.05) is 30.3 Å². The number of ether oxygens (including phenoxy) is 1. The Morgan fingerprint density at radius 3 is 2.75 bits per heavy atom. The Kier molecular flexibility index (Phi) is 5.57. The summed E-state index contributed by atoms with van der Waals surface area (Å²) in [5.41, 5.74) is 8.80. The van der Waals surface area contributed by atoms with E-state index in [9.17, 15) is 4.79 Å². The Hall–Kier alpha value is -2.47. The molecule has 0 aliphatic carbocycles. The maximum atomic E-state index is 12.6. The van der Waals surface area contributed by atoms with Crippen LogP contribution in [0.1, 0.15) is 48.9 Å². The lowest BCUT2D eigenvalue weighted by Gasteiger charge is -2.44. The number of unbranched alkanes of at least 4 members (excludes halogenated alkanes) is 1. The Bertz CT molecular complexity index is 817. The zero-order valence-corrected chi connectivity index (χ0v) is 16.3. The predicted molar refractivity (Wildman–Crippen MR) is 108 cm³/mol. The third kappa shape index (κ3) is 4.02. The predicted octanol–water partition coefficient (Wildman–Crippen LogP) is 2.86. The maximum Gasteiger partial charge on any atom is 0.222 e. The Labute approximate surface area is 166 Å². The first-order valence-corrected chi connectivity index (χ1v) is 10.2. The molecule has 148 valence electrons. The number of hydrogen-bond acceptors (Lipinski definition) is 5. The Morgan fingerprint density at radius 2 is 1.96 bits per heavy atom. The lowest BCUT2D eigenvalue weighted by atomic mass is 9.83. The monoisotopic (exact) mass is 380 g/mol. The quantitative estimate of drug-likeness (QED) is 0.807. The second kappa shape index (κ2) is 8.27. The van der Waals surface area contributed by atoms with Crippen molar-refractivity contribution in [3.63, 3.8) is 0 Å². The summed E-state index contributed by atoms with van der Waals surface area (Å²) >= 11 is 0. The maximum absolute atomic E-state index is 12.6. The van der Waals surface area contributed by atoms with Gasteiger partial charge >= 0.3 is 0 Å². The van der Waals surface area contributed by atoms with Crippen molar-refractivity contribution < 1.29 is 9.53 Å². The third-order valence-corrected chi connectivity index (χ3v) is 5.94. The van der Waals surface area contributed by atoms with E-state index >= 15 is 0 Å². The largest absolute Gasteiger partial charge is 0.368 e. The van der Waals surface area contributed by atoms with E-state index in [4.69, 9.17) is 10.5 Å². The van der Waals surface area contributed by atoms with Gasteiger partial charge < -0.3 is 15.4 Å². The molecule has 6 nitrogen and oxygen atoms in total. The SMILES string of the molecule is Nc1ncc2c(n1)C1(CCN(C(=O)CCCCc3ccccc3)CC1)OCC2. The second-order valence-electron chi connectivity index (χ2n) is 7.77. The van der Waals surface area contributed by atoms with Gasteiger partial charge in [0.15, 0.2) is 0 Å². The molecule has 2 N–H and O–H groups in total. The van der Waals surface area contributed by atoms with Crippen LogP contribution in [0.15, 0.2) is 36.5 Å². The summed E-state index contributed by atoms with van der Waals surface area (Å²) in [6.45, 7) is 2.09. The highest BCUT2D eigenvalue weighted by Gasteiger charge is 2.43. The van der Waals surface area contributed by atoms with Gasteiger partial charge in [0.05, 0.1) is 12.3 Å². The van der Waals surface area contributed by atoms with Crippen molar-refractivity contribution in [2.45, 2.75) is 50.5 Å². The number of nitrogen functional groups attached to an aromatic ring is 1. The Balaban J connectivity index is 1.29. The van der Waals surface area contributed by atoms with Gasteiger partial charge in [0.1, 0.15) is 5.60 Å². The molecule has 4 rings (SSSR count). The molecule has 6 heteroatoms. The van der Waals surface area contributed by atoms with Crippen molar-refractivity contribution in [1.29, 1.82) is 0 Å². The van der Waals surface area contributed by atoms with Crippen LogP contribution in [0.5, 0.6) is 0 Å². The molecule has 1 saturated heterocycles. The fourth-order valence-corrected chi connectivity index (χ4v) is 4.33. The number of aryl methyl sites for hydroxylation is 1. The number of carbonyl (C=O) groups is 1. The summed E-state index contributed by atoms with van der Waals surface area (Å²) in [4.78, 5) is 23.2. The van der Waals surface area contributed by atoms with Gasteiger partial charge in [-0.05, 0) is 49.7 Å². The second-order valence-corrected chi connectivity index (χ2v) is 7.77. The van der Waals surface area contributed by atoms with E-state index in [-0.39, 0.29) is 5.91 Å². The molecule has 1 aromatic heterocycles. The molecule has 0 saturated carbocycles. The van der Waals surface area contributed by atoms with Crippen LogP contribution in [0.2, 0.25) is 0 Å². The van der Waals surface area contributed by atoms with Crippen LogP contribution >= 0.6 is 0 Å². The molecular weight excluding hydrogens is 352 g/mol. The van der Waals surface area contributed by atoms with E-state index in [1.54, 1.807) is 0 Å². The number of amides is 1. The standard InChI is InChI=1S/C22H28N4O2/c23-21-24-16-18-10-15-28-22(20(18)25-21)11-13-26(14-12-22)19(27)9-5-4-8-17-6-2-1-3-7-17/h1-3,6-7,16H,4-5,8-15H2,(H2,23,24,25). The van der Waals surface area contributed by atoms with Crippen LogP contribution in [-0.4, -0.2) is 40.5 Å². The summed E-state index contributed by atoms with van der Waals surface area (Å²) in [5.74, 6) is 0.543. The average Bonchev–Trinajstić information content (AvgIpc) is 2.73. The minimum Gasteiger partial charge on any atom is -0.368 e. The molecular formula is C22H28N4O2. The first-order chi connectivity index (χ1) is 13.7. The Morgan fingerprint density at radius 1 is 1.18 bits per heavy atom. The number of rotatable bonds is 5. The molecule has 0 atom stereocenters. The van der Waals surface area contributed by atoms with E-state index in [0.717, 1.165) is 49.8 Å². The zero-order chi connectivity index (χ0) is 19.4. The van der Waals surface area contributed by atoms with Gasteiger partial charge in [0.2, 0.25) is 11.9 Å². The molecule has 1 fully saturated rings. The summed E-state index contributed by atoms with van der Waals surface area (Å²) in [7, 11) is 0. The van der Waals surface area contributed by atoms with Crippen molar-refractivity contribution >= 4 is 11.9 Å². The molecule has 28 heavy (non-hydrogen) atoms. The smallest absolute Gasteiger partial charge is 0.222 e. The minimum atomic E-state index is -0.408. The number of anilines is 1. The number of fused-ring (bicyclic) bond motifs is 2. The van der Waals surface area contributed by atoms with E-state index in [2.05, 4.69) is 34.2 Å². The molecule has 1 spiro atoms. The highest BCUT2D eigenvalue weighted by Crippen LogP contribution is 2.40. The van der Waals surface area contributed by atoms with Crippen LogP contribution in [0.25, 0.3) is 0 Å². The number of nitrogens with two attached hydrogens (primary N) is 1. The van der Waals surface area contributed by atoms with E-state index in [1.807, 2.05) is 17.2 Å². The third-order valence-electron chi connectivity index (χ3n) is 5.94. The van der Waals surface area contributed by atoms with Crippen molar-refractivity contribution in [2.24, 2.45) is 0 Å². The number of nitrogens with zero attached hydrogens (tertiary/aromatic N) is 3. The molecule has 3 heterocycles. The van der Waals surface area contributed by atoms with E-state index in [1.165, 1.54) is 5.56 Å². The molecule has 2 aliphatic heterocycles. The topological polar surface area (TPSA) is 81.3 Å². The lowest BCUT2D eigenvalue weighted by Crippen LogP contribution is -2.49. The molecule has 1 amide bonds. The summed E-state index contributed by atoms with van der Waals surface area (Å²) in [6.07, 6.45) is 7.81. The summed E-state index contributed by atoms with van der Waals surface area (Å²) < 4.78 is 6.18.